The van der Waals surface area contributed by atoms with Crippen LogP contribution in [0.3, 0.4) is 0 Å². The van der Waals surface area contributed by atoms with Crippen molar-refractivity contribution >= 4 is 64.6 Å². The molecule has 0 fully saturated rings. The molecule has 0 aliphatic heterocycles. The van der Waals surface area contributed by atoms with E-state index in [2.05, 4.69) is 165 Å². The topological polar surface area (TPSA) is 17.6 Å². The smallest absolute Gasteiger partial charge is 0.237 e. The molecule has 230 valence electrons. The lowest BCUT2D eigenvalue weighted by atomic mass is 9.92. The van der Waals surface area contributed by atoms with Crippen LogP contribution in [0, 0.1) is 0 Å². The van der Waals surface area contributed by atoms with Crippen molar-refractivity contribution < 1.29 is 9.13 Å². The van der Waals surface area contributed by atoms with E-state index < -0.39 is 0 Å². The van der Waals surface area contributed by atoms with Crippen molar-refractivity contribution in [3.8, 4) is 0 Å². The molecule has 0 radical (unpaired) electrons. The number of nitrogens with zero attached hydrogens (tertiary/aromatic N) is 4. The van der Waals surface area contributed by atoms with Crippen LogP contribution in [0.4, 0.5) is 0 Å². The van der Waals surface area contributed by atoms with Gasteiger partial charge in [-0.15, -0.1) is 0 Å². The minimum atomic E-state index is 0.872. The van der Waals surface area contributed by atoms with Crippen molar-refractivity contribution in [2.75, 3.05) is 0 Å². The van der Waals surface area contributed by atoms with Gasteiger partial charge in [-0.2, -0.15) is 0 Å². The molecule has 0 amide bonds. The van der Waals surface area contributed by atoms with Crippen LogP contribution in [0.1, 0.15) is 24.0 Å². The van der Waals surface area contributed by atoms with E-state index in [0.29, 0.717) is 0 Å². The molecular formula is C44H36N4+2. The Hall–Kier alpha value is -5.74. The van der Waals surface area contributed by atoms with E-state index in [1.54, 1.807) is 0 Å². The number of aromatic nitrogens is 4. The molecule has 0 saturated heterocycles. The second-order valence-electron chi connectivity index (χ2n) is 13.5. The van der Waals surface area contributed by atoms with E-state index in [1.807, 2.05) is 0 Å². The van der Waals surface area contributed by atoms with Gasteiger partial charge >= 0.3 is 0 Å². The number of unbranched alkanes of at least 4 members (excludes halogenated alkanes) is 1. The van der Waals surface area contributed by atoms with Gasteiger partial charge in [0.1, 0.15) is 37.9 Å². The summed E-state index contributed by atoms with van der Waals surface area (Å²) in [7, 11) is 0. The molecular weight excluding hydrogens is 585 g/mol. The zero-order valence-electron chi connectivity index (χ0n) is 26.9. The summed E-state index contributed by atoms with van der Waals surface area (Å²) in [6.07, 6.45) is 15.7. The SMILES string of the molecule is c1cc2ccc3ccc(C[n+]4ccn(CCCCn5cc[n+](Cc6ccc7ccc8cccc9ccc6c7c89)c5)c4)c4ccc(c1)c2c34. The van der Waals surface area contributed by atoms with Gasteiger partial charge in [0.2, 0.25) is 12.7 Å². The lowest BCUT2D eigenvalue weighted by Gasteiger charge is -2.13. The van der Waals surface area contributed by atoms with E-state index in [9.17, 15) is 0 Å². The van der Waals surface area contributed by atoms with Crippen LogP contribution in [0.2, 0.25) is 0 Å². The Balaban J connectivity index is 0.795. The summed E-state index contributed by atoms with van der Waals surface area (Å²) in [6.45, 7) is 3.79. The van der Waals surface area contributed by atoms with Gasteiger partial charge in [-0.3, -0.25) is 0 Å². The largest absolute Gasteiger partial charge is 0.244 e. The molecule has 0 aliphatic rings. The van der Waals surface area contributed by atoms with Crippen LogP contribution < -0.4 is 9.13 Å². The molecule has 4 nitrogen and oxygen atoms in total. The highest BCUT2D eigenvalue weighted by molar-refractivity contribution is 6.24. The molecule has 0 unspecified atom stereocenters. The second-order valence-corrected chi connectivity index (χ2v) is 13.5. The fourth-order valence-corrected chi connectivity index (χ4v) is 8.18. The fourth-order valence-electron chi connectivity index (χ4n) is 8.18. The third-order valence-corrected chi connectivity index (χ3v) is 10.5. The lowest BCUT2D eigenvalue weighted by molar-refractivity contribution is -0.687. The first-order valence-electron chi connectivity index (χ1n) is 17.2. The van der Waals surface area contributed by atoms with Gasteiger partial charge < -0.3 is 0 Å². The summed E-state index contributed by atoms with van der Waals surface area (Å²) >= 11 is 0. The third-order valence-electron chi connectivity index (χ3n) is 10.5. The number of hydrogen-bond donors (Lipinski definition) is 0. The lowest BCUT2D eigenvalue weighted by Crippen LogP contribution is -2.31. The minimum Gasteiger partial charge on any atom is -0.237 e. The van der Waals surface area contributed by atoms with Gasteiger partial charge in [-0.05, 0) is 77.5 Å². The van der Waals surface area contributed by atoms with Crippen molar-refractivity contribution in [2.45, 2.75) is 39.0 Å². The molecule has 2 aromatic heterocycles. The van der Waals surface area contributed by atoms with Crippen LogP contribution >= 0.6 is 0 Å². The highest BCUT2D eigenvalue weighted by Crippen LogP contribution is 2.37. The van der Waals surface area contributed by atoms with Gasteiger partial charge in [0.05, 0.1) is 13.1 Å². The van der Waals surface area contributed by atoms with Crippen molar-refractivity contribution in [1.82, 2.24) is 9.13 Å². The maximum absolute atomic E-state index is 2.33. The molecule has 10 aromatic rings. The minimum absolute atomic E-state index is 0.872. The van der Waals surface area contributed by atoms with Gasteiger partial charge in [0.15, 0.2) is 0 Å². The summed E-state index contributed by atoms with van der Waals surface area (Å²) in [4.78, 5) is 0. The van der Waals surface area contributed by atoms with Crippen molar-refractivity contribution in [2.24, 2.45) is 0 Å². The molecule has 0 N–H and O–H groups in total. The van der Waals surface area contributed by atoms with Crippen LogP contribution in [0.5, 0.6) is 0 Å². The monoisotopic (exact) mass is 620 g/mol. The van der Waals surface area contributed by atoms with Crippen LogP contribution in [0.15, 0.2) is 147 Å². The number of hydrogen-bond acceptors (Lipinski definition) is 0. The van der Waals surface area contributed by atoms with Gasteiger partial charge in [-0.25, -0.2) is 18.3 Å². The molecule has 2 heterocycles. The van der Waals surface area contributed by atoms with E-state index in [-0.39, 0.29) is 0 Å². The number of imidazole rings is 2. The molecule has 0 bridgehead atoms. The van der Waals surface area contributed by atoms with E-state index in [4.69, 9.17) is 0 Å². The Labute approximate surface area is 279 Å². The molecule has 0 atom stereocenters. The Morgan fingerprint density at radius 2 is 0.771 bits per heavy atom. The molecule has 48 heavy (non-hydrogen) atoms. The Morgan fingerprint density at radius 3 is 1.21 bits per heavy atom. The number of aryl methyl sites for hydroxylation is 2. The third kappa shape index (κ3) is 4.51. The van der Waals surface area contributed by atoms with Crippen molar-refractivity contribution in [3.63, 3.8) is 0 Å². The first kappa shape index (κ1) is 27.4. The van der Waals surface area contributed by atoms with Gasteiger partial charge in [-0.1, -0.05) is 109 Å². The number of rotatable bonds is 9. The Bertz CT molecular complexity index is 2520. The summed E-state index contributed by atoms with van der Waals surface area (Å²) < 4.78 is 9.30. The quantitative estimate of drug-likeness (QED) is 0.0870. The molecule has 8 aromatic carbocycles. The highest BCUT2D eigenvalue weighted by Gasteiger charge is 2.15. The van der Waals surface area contributed by atoms with Crippen LogP contribution in [-0.2, 0) is 26.2 Å². The average molecular weight is 621 g/mol. The van der Waals surface area contributed by atoms with E-state index >= 15 is 0 Å². The average Bonchev–Trinajstić information content (AvgIpc) is 3.78. The standard InChI is InChI=1S/C44H36N4/c1(21-45-23-25-47(29-45)27-37-15-13-35-11-9-31-5-3-7-33-17-19-39(37)43(35)41(31)33)2-22-46-24-26-48(30-46)28-38-16-14-36-12-10-32-6-4-8-34-18-20-40(38)44(36)42(32)34/h3-20,23-26,29-30H,1-2,21-22,27-28H2/q+2. The molecule has 10 rings (SSSR count). The summed E-state index contributed by atoms with van der Waals surface area (Å²) in [5, 5.41) is 16.2. The Kier molecular flexibility index (Phi) is 6.23. The molecule has 0 saturated carbocycles. The van der Waals surface area contributed by atoms with Crippen molar-refractivity contribution in [1.29, 1.82) is 0 Å². The van der Waals surface area contributed by atoms with Gasteiger partial charge in [0.25, 0.3) is 0 Å². The maximum atomic E-state index is 2.33. The fraction of sp³-hybridized carbons (Fsp3) is 0.136. The van der Waals surface area contributed by atoms with E-state index in [0.717, 1.165) is 39.0 Å². The van der Waals surface area contributed by atoms with Crippen molar-refractivity contribution in [3.05, 3.63) is 158 Å². The number of benzene rings is 8. The predicted octanol–water partition coefficient (Wildman–Crippen LogP) is 9.24. The molecule has 0 aliphatic carbocycles. The maximum Gasteiger partial charge on any atom is 0.244 e. The molecule has 4 heteroatoms. The normalized spacial score (nSPS) is 12.2. The summed E-state index contributed by atoms with van der Waals surface area (Å²) in [5.41, 5.74) is 2.73. The Morgan fingerprint density at radius 1 is 0.396 bits per heavy atom. The van der Waals surface area contributed by atoms with Crippen LogP contribution in [-0.4, -0.2) is 9.13 Å². The molecule has 0 spiro atoms. The zero-order chi connectivity index (χ0) is 31.6. The zero-order valence-corrected chi connectivity index (χ0v) is 26.9. The predicted molar refractivity (Wildman–Crippen MR) is 197 cm³/mol. The summed E-state index contributed by atoms with van der Waals surface area (Å²) in [5.74, 6) is 0. The first-order valence-corrected chi connectivity index (χ1v) is 17.2. The second kappa shape index (κ2) is 10.9. The van der Waals surface area contributed by atoms with Crippen LogP contribution in [0.25, 0.3) is 64.6 Å². The highest BCUT2D eigenvalue weighted by atomic mass is 15.1. The summed E-state index contributed by atoms with van der Waals surface area (Å²) in [6, 6.07) is 40.6. The van der Waals surface area contributed by atoms with E-state index in [1.165, 1.54) is 75.8 Å². The first-order chi connectivity index (χ1) is 23.7. The van der Waals surface area contributed by atoms with Gasteiger partial charge in [0, 0.05) is 11.1 Å².